The third kappa shape index (κ3) is 1.82. The normalized spacial score (nSPS) is 20.9. The van der Waals surface area contributed by atoms with Crippen LogP contribution in [0.3, 0.4) is 0 Å². The highest BCUT2D eigenvalue weighted by atomic mass is 35.5. The summed E-state index contributed by atoms with van der Waals surface area (Å²) in [6.07, 6.45) is 0.0823. The molecule has 1 aromatic heterocycles. The lowest BCUT2D eigenvalue weighted by Crippen LogP contribution is -2.33. The number of nitrogens with zero attached hydrogens (tertiary/aromatic N) is 2. The first-order valence-corrected chi connectivity index (χ1v) is 6.08. The van der Waals surface area contributed by atoms with E-state index in [-0.39, 0.29) is 6.10 Å². The predicted octanol–water partition coefficient (Wildman–Crippen LogP) is 1.89. The van der Waals surface area contributed by atoms with Crippen molar-refractivity contribution in [2.45, 2.75) is 6.10 Å². The molecule has 0 bridgehead atoms. The molecular formula is C12H14ClN3O. The van der Waals surface area contributed by atoms with Crippen molar-refractivity contribution in [2.24, 2.45) is 7.05 Å². The maximum Gasteiger partial charge on any atom is 0.158 e. The van der Waals surface area contributed by atoms with E-state index >= 15 is 0 Å². The van der Waals surface area contributed by atoms with Crippen LogP contribution in [0.5, 0.6) is 0 Å². The molecule has 0 spiro atoms. The van der Waals surface area contributed by atoms with E-state index in [9.17, 15) is 0 Å². The summed E-state index contributed by atoms with van der Waals surface area (Å²) in [4.78, 5) is 0. The van der Waals surface area contributed by atoms with Gasteiger partial charge >= 0.3 is 0 Å². The second kappa shape index (κ2) is 4.29. The quantitative estimate of drug-likeness (QED) is 0.841. The minimum atomic E-state index is 0.0823. The van der Waals surface area contributed by atoms with E-state index < -0.39 is 0 Å². The van der Waals surface area contributed by atoms with E-state index in [4.69, 9.17) is 16.3 Å². The van der Waals surface area contributed by atoms with Crippen LogP contribution in [-0.4, -0.2) is 29.5 Å². The van der Waals surface area contributed by atoms with E-state index in [1.807, 2.05) is 23.9 Å². The lowest BCUT2D eigenvalue weighted by atomic mass is 10.1. The van der Waals surface area contributed by atoms with Gasteiger partial charge in [-0.15, -0.1) is 0 Å². The molecule has 1 N–H and O–H groups in total. The fourth-order valence-corrected chi connectivity index (χ4v) is 2.62. The molecule has 17 heavy (non-hydrogen) atoms. The van der Waals surface area contributed by atoms with Crippen LogP contribution in [0.25, 0.3) is 10.9 Å². The van der Waals surface area contributed by atoms with Crippen LogP contribution in [0.1, 0.15) is 11.7 Å². The number of hydrogen-bond acceptors (Lipinski definition) is 3. The number of rotatable bonds is 1. The van der Waals surface area contributed by atoms with Gasteiger partial charge < -0.3 is 10.1 Å². The zero-order chi connectivity index (χ0) is 11.8. The van der Waals surface area contributed by atoms with Crippen LogP contribution < -0.4 is 5.32 Å². The largest absolute Gasteiger partial charge is 0.371 e. The van der Waals surface area contributed by atoms with Crippen LogP contribution in [-0.2, 0) is 11.8 Å². The Bertz CT molecular complexity index is 546. The van der Waals surface area contributed by atoms with Crippen molar-refractivity contribution in [2.75, 3.05) is 19.7 Å². The molecule has 2 heterocycles. The molecule has 1 aliphatic rings. The number of aryl methyl sites for hydroxylation is 1. The van der Waals surface area contributed by atoms with Crippen LogP contribution in [0.15, 0.2) is 18.2 Å². The summed E-state index contributed by atoms with van der Waals surface area (Å²) in [6.45, 7) is 2.49. The number of aromatic nitrogens is 2. The first kappa shape index (κ1) is 11.0. The number of ether oxygens (including phenoxy) is 1. The molecule has 5 heteroatoms. The first-order chi connectivity index (χ1) is 8.27. The van der Waals surface area contributed by atoms with Gasteiger partial charge in [0.25, 0.3) is 0 Å². The van der Waals surface area contributed by atoms with E-state index in [2.05, 4.69) is 16.5 Å². The number of morpholine rings is 1. The standard InChI is InChI=1S/C12H14ClN3O/c1-16-11-8(10-7-14-5-6-17-10)3-2-4-9(11)12(13)15-16/h2-4,10,14H,5-7H2,1H3. The highest BCUT2D eigenvalue weighted by Crippen LogP contribution is 2.30. The monoisotopic (exact) mass is 251 g/mol. The van der Waals surface area contributed by atoms with E-state index in [0.717, 1.165) is 36.2 Å². The Hall–Kier alpha value is -1.10. The second-order valence-electron chi connectivity index (χ2n) is 4.22. The van der Waals surface area contributed by atoms with Crippen molar-refractivity contribution in [1.29, 1.82) is 0 Å². The molecule has 1 atom stereocenters. The van der Waals surface area contributed by atoms with Crippen molar-refractivity contribution in [3.8, 4) is 0 Å². The molecular weight excluding hydrogens is 238 g/mol. The number of benzene rings is 1. The molecule has 90 valence electrons. The molecule has 0 saturated carbocycles. The summed E-state index contributed by atoms with van der Waals surface area (Å²) in [5, 5.41) is 9.12. The fourth-order valence-electron chi connectivity index (χ4n) is 2.35. The molecule has 1 aromatic carbocycles. The molecule has 0 aliphatic carbocycles. The average molecular weight is 252 g/mol. The third-order valence-electron chi connectivity index (χ3n) is 3.13. The number of halogens is 1. The lowest BCUT2D eigenvalue weighted by Gasteiger charge is -2.24. The number of nitrogens with one attached hydrogen (secondary N) is 1. The van der Waals surface area contributed by atoms with Gasteiger partial charge in [-0.1, -0.05) is 23.7 Å². The van der Waals surface area contributed by atoms with Crippen LogP contribution in [0.4, 0.5) is 0 Å². The van der Waals surface area contributed by atoms with Crippen molar-refractivity contribution < 1.29 is 4.74 Å². The molecule has 1 fully saturated rings. The summed E-state index contributed by atoms with van der Waals surface area (Å²) in [5.41, 5.74) is 2.21. The summed E-state index contributed by atoms with van der Waals surface area (Å²) in [6, 6.07) is 6.08. The predicted molar refractivity (Wildman–Crippen MR) is 67.3 cm³/mol. The van der Waals surface area contributed by atoms with Gasteiger partial charge in [-0.2, -0.15) is 5.10 Å². The molecule has 0 radical (unpaired) electrons. The average Bonchev–Trinajstić information content (AvgIpc) is 2.66. The Labute approximate surface area is 105 Å². The Morgan fingerprint density at radius 3 is 3.18 bits per heavy atom. The zero-order valence-corrected chi connectivity index (χ0v) is 10.4. The topological polar surface area (TPSA) is 39.1 Å². The van der Waals surface area contributed by atoms with E-state index in [1.165, 1.54) is 0 Å². The van der Waals surface area contributed by atoms with Gasteiger partial charge in [0.2, 0.25) is 0 Å². The lowest BCUT2D eigenvalue weighted by molar-refractivity contribution is 0.0284. The van der Waals surface area contributed by atoms with Gasteiger partial charge in [0.05, 0.1) is 18.2 Å². The maximum absolute atomic E-state index is 6.10. The summed E-state index contributed by atoms with van der Waals surface area (Å²) in [5.74, 6) is 0. The SMILES string of the molecule is Cn1nc(Cl)c2cccc(C3CNCCO3)c21. The molecule has 1 unspecified atom stereocenters. The molecule has 3 rings (SSSR count). The van der Waals surface area contributed by atoms with Gasteiger partial charge in [-0.25, -0.2) is 0 Å². The van der Waals surface area contributed by atoms with Gasteiger partial charge in [-0.3, -0.25) is 4.68 Å². The van der Waals surface area contributed by atoms with Crippen molar-refractivity contribution >= 4 is 22.5 Å². The Kier molecular flexibility index (Phi) is 2.78. The van der Waals surface area contributed by atoms with E-state index in [1.54, 1.807) is 0 Å². The fraction of sp³-hybridized carbons (Fsp3) is 0.417. The highest BCUT2D eigenvalue weighted by molar-refractivity contribution is 6.34. The number of fused-ring (bicyclic) bond motifs is 1. The third-order valence-corrected chi connectivity index (χ3v) is 3.40. The molecule has 4 nitrogen and oxygen atoms in total. The second-order valence-corrected chi connectivity index (χ2v) is 4.58. The summed E-state index contributed by atoms with van der Waals surface area (Å²) < 4.78 is 7.61. The Morgan fingerprint density at radius 2 is 2.41 bits per heavy atom. The first-order valence-electron chi connectivity index (χ1n) is 5.71. The molecule has 1 saturated heterocycles. The Balaban J connectivity index is 2.15. The Morgan fingerprint density at radius 1 is 1.53 bits per heavy atom. The zero-order valence-electron chi connectivity index (χ0n) is 9.61. The van der Waals surface area contributed by atoms with Crippen LogP contribution in [0, 0.1) is 0 Å². The van der Waals surface area contributed by atoms with Crippen LogP contribution in [0.2, 0.25) is 5.15 Å². The molecule has 0 amide bonds. The number of para-hydroxylation sites is 1. The van der Waals surface area contributed by atoms with Gasteiger partial charge in [0.15, 0.2) is 5.15 Å². The minimum absolute atomic E-state index is 0.0823. The summed E-state index contributed by atoms with van der Waals surface area (Å²) >= 11 is 6.10. The van der Waals surface area contributed by atoms with Crippen LogP contribution >= 0.6 is 11.6 Å². The highest BCUT2D eigenvalue weighted by Gasteiger charge is 2.20. The smallest absolute Gasteiger partial charge is 0.158 e. The number of hydrogen-bond donors (Lipinski definition) is 1. The van der Waals surface area contributed by atoms with Gasteiger partial charge in [0, 0.05) is 31.1 Å². The van der Waals surface area contributed by atoms with Crippen molar-refractivity contribution in [3.05, 3.63) is 28.9 Å². The summed E-state index contributed by atoms with van der Waals surface area (Å²) in [7, 11) is 1.91. The maximum atomic E-state index is 6.10. The van der Waals surface area contributed by atoms with Crippen molar-refractivity contribution in [1.82, 2.24) is 15.1 Å². The molecule has 1 aliphatic heterocycles. The minimum Gasteiger partial charge on any atom is -0.371 e. The van der Waals surface area contributed by atoms with Gasteiger partial charge in [0.1, 0.15) is 0 Å². The van der Waals surface area contributed by atoms with Gasteiger partial charge in [-0.05, 0) is 6.07 Å². The van der Waals surface area contributed by atoms with E-state index in [0.29, 0.717) is 5.15 Å². The molecule has 2 aromatic rings. The van der Waals surface area contributed by atoms with Crippen molar-refractivity contribution in [3.63, 3.8) is 0 Å².